The molecule has 0 saturated carbocycles. The van der Waals surface area contributed by atoms with Crippen molar-refractivity contribution in [1.29, 1.82) is 0 Å². The number of aromatic nitrogens is 4. The van der Waals surface area contributed by atoms with Gasteiger partial charge in [-0.3, -0.25) is 19.8 Å². The molecule has 8 heteroatoms. The molecule has 1 aliphatic rings. The van der Waals surface area contributed by atoms with E-state index in [2.05, 4.69) is 46.4 Å². The number of hydrogen-bond donors (Lipinski definition) is 2. The highest BCUT2D eigenvalue weighted by Gasteiger charge is 2.36. The molecular formula is C29H30N4O4. The highest BCUT2D eigenvalue weighted by atomic mass is 16.5. The fraction of sp³-hybridized carbons (Fsp3) is 0.310. The molecule has 0 atom stereocenters. The summed E-state index contributed by atoms with van der Waals surface area (Å²) < 4.78 is 11.4. The van der Waals surface area contributed by atoms with Gasteiger partial charge in [-0.1, -0.05) is 52.0 Å². The van der Waals surface area contributed by atoms with Gasteiger partial charge in [-0.15, -0.1) is 0 Å². The summed E-state index contributed by atoms with van der Waals surface area (Å²) in [7, 11) is 0. The van der Waals surface area contributed by atoms with E-state index in [1.165, 1.54) is 12.4 Å². The lowest BCUT2D eigenvalue weighted by Crippen LogP contribution is -2.17. The Kier molecular flexibility index (Phi) is 6.41. The van der Waals surface area contributed by atoms with Crippen molar-refractivity contribution in [2.45, 2.75) is 46.0 Å². The monoisotopic (exact) mass is 498 g/mol. The Morgan fingerprint density at radius 3 is 2.24 bits per heavy atom. The number of nitrogens with one attached hydrogen (secondary N) is 2. The predicted octanol–water partition coefficient (Wildman–Crippen LogP) is 5.07. The van der Waals surface area contributed by atoms with Crippen molar-refractivity contribution in [2.24, 2.45) is 0 Å². The molecule has 8 nitrogen and oxygen atoms in total. The Balaban J connectivity index is 1.57. The van der Waals surface area contributed by atoms with Crippen LogP contribution in [0.15, 0.2) is 58.4 Å². The van der Waals surface area contributed by atoms with Gasteiger partial charge in [0.15, 0.2) is 11.5 Å². The fourth-order valence-corrected chi connectivity index (χ4v) is 4.87. The summed E-state index contributed by atoms with van der Waals surface area (Å²) in [5.74, 6) is 0.550. The lowest BCUT2D eigenvalue weighted by atomic mass is 9.81. The molecule has 0 amide bonds. The molecule has 0 radical (unpaired) electrons. The summed E-state index contributed by atoms with van der Waals surface area (Å²) in [6, 6.07) is 12.1. The lowest BCUT2D eigenvalue weighted by molar-refractivity contribution is 0.313. The van der Waals surface area contributed by atoms with E-state index in [9.17, 15) is 9.59 Å². The average Bonchev–Trinajstić information content (AvgIpc) is 3.13. The van der Waals surface area contributed by atoms with Gasteiger partial charge < -0.3 is 9.47 Å². The van der Waals surface area contributed by atoms with Crippen molar-refractivity contribution in [3.8, 4) is 45.1 Å². The molecule has 0 spiro atoms. The molecule has 0 unspecified atom stereocenters. The number of rotatable bonds is 8. The first-order valence-electron chi connectivity index (χ1n) is 12.6. The minimum atomic E-state index is -0.354. The van der Waals surface area contributed by atoms with Gasteiger partial charge in [0, 0.05) is 16.5 Å². The SMILES string of the molecule is CCCOc1c(-c2ccc3c(c2)C(C)(C)c2cc(-c4n[nH]cc(OCCC)c4=O)ccc2-3)[nH]ncc1=O. The zero-order valence-corrected chi connectivity index (χ0v) is 21.5. The molecule has 2 aromatic heterocycles. The molecule has 0 saturated heterocycles. The molecule has 190 valence electrons. The zero-order valence-electron chi connectivity index (χ0n) is 21.5. The molecule has 2 heterocycles. The third kappa shape index (κ3) is 4.22. The highest BCUT2D eigenvalue weighted by molar-refractivity contribution is 5.85. The van der Waals surface area contributed by atoms with Gasteiger partial charge in [0.25, 0.3) is 0 Å². The van der Waals surface area contributed by atoms with Crippen molar-refractivity contribution in [1.82, 2.24) is 20.4 Å². The maximum absolute atomic E-state index is 13.0. The number of ether oxygens (including phenoxy) is 2. The van der Waals surface area contributed by atoms with Crippen LogP contribution in [0.5, 0.6) is 11.5 Å². The molecular weight excluding hydrogens is 468 g/mol. The van der Waals surface area contributed by atoms with Crippen LogP contribution in [-0.2, 0) is 5.41 Å². The molecule has 0 bridgehead atoms. The van der Waals surface area contributed by atoms with Gasteiger partial charge in [0.05, 0.1) is 25.6 Å². The van der Waals surface area contributed by atoms with Crippen molar-refractivity contribution in [2.75, 3.05) is 13.2 Å². The third-order valence-corrected chi connectivity index (χ3v) is 6.77. The normalized spacial score (nSPS) is 13.2. The second-order valence-corrected chi connectivity index (χ2v) is 9.71. The van der Waals surface area contributed by atoms with E-state index in [1.54, 1.807) is 0 Å². The van der Waals surface area contributed by atoms with Crippen LogP contribution in [0.1, 0.15) is 51.7 Å². The number of benzene rings is 2. The third-order valence-electron chi connectivity index (χ3n) is 6.77. The van der Waals surface area contributed by atoms with Gasteiger partial charge >= 0.3 is 0 Å². The van der Waals surface area contributed by atoms with Crippen LogP contribution in [-0.4, -0.2) is 33.6 Å². The van der Waals surface area contributed by atoms with Crippen molar-refractivity contribution < 1.29 is 9.47 Å². The smallest absolute Gasteiger partial charge is 0.249 e. The van der Waals surface area contributed by atoms with Crippen LogP contribution in [0.2, 0.25) is 0 Å². The first-order chi connectivity index (χ1) is 17.9. The van der Waals surface area contributed by atoms with Gasteiger partial charge in [-0.25, -0.2) is 0 Å². The second kappa shape index (κ2) is 9.69. The van der Waals surface area contributed by atoms with Crippen molar-refractivity contribution >= 4 is 0 Å². The summed E-state index contributed by atoms with van der Waals surface area (Å²) in [6.07, 6.45) is 4.34. The molecule has 0 fully saturated rings. The number of aromatic amines is 2. The Morgan fingerprint density at radius 1 is 0.892 bits per heavy atom. The highest BCUT2D eigenvalue weighted by Crippen LogP contribution is 2.50. The zero-order chi connectivity index (χ0) is 26.2. The lowest BCUT2D eigenvalue weighted by Gasteiger charge is -2.22. The number of fused-ring (bicyclic) bond motifs is 3. The van der Waals surface area contributed by atoms with E-state index < -0.39 is 0 Å². The van der Waals surface area contributed by atoms with Gasteiger partial charge in [-0.2, -0.15) is 10.2 Å². The number of nitrogens with zero attached hydrogens (tertiary/aromatic N) is 2. The summed E-state index contributed by atoms with van der Waals surface area (Å²) in [5.41, 5.74) is 6.04. The summed E-state index contributed by atoms with van der Waals surface area (Å²) >= 11 is 0. The first-order valence-corrected chi connectivity index (χ1v) is 12.6. The fourth-order valence-electron chi connectivity index (χ4n) is 4.87. The van der Waals surface area contributed by atoms with Crippen LogP contribution in [0, 0.1) is 0 Å². The molecule has 2 N–H and O–H groups in total. The maximum Gasteiger partial charge on any atom is 0.249 e. The number of H-pyrrole nitrogens is 2. The summed E-state index contributed by atoms with van der Waals surface area (Å²) in [6.45, 7) is 9.22. The standard InChI is InChI=1S/C29H30N4O4/c1-5-11-36-24-16-31-32-25(27(24)35)17-7-9-19-20-10-8-18(14-22(20)29(3,4)21(19)13-17)26-28(37-12-6-2)23(34)15-30-33-26/h7-10,13-16H,5-6,11-12H2,1-4H3,(H,31,35)(H,33,34). The molecule has 5 rings (SSSR count). The molecule has 37 heavy (non-hydrogen) atoms. The van der Waals surface area contributed by atoms with E-state index in [1.807, 2.05) is 38.1 Å². The maximum atomic E-state index is 13.0. The minimum absolute atomic E-state index is 0.233. The van der Waals surface area contributed by atoms with Gasteiger partial charge in [0.1, 0.15) is 11.4 Å². The topological polar surface area (TPSA) is 110 Å². The van der Waals surface area contributed by atoms with E-state index in [-0.39, 0.29) is 27.8 Å². The average molecular weight is 499 g/mol. The largest absolute Gasteiger partial charge is 0.488 e. The molecule has 2 aromatic carbocycles. The quantitative estimate of drug-likeness (QED) is 0.351. The molecule has 0 aliphatic heterocycles. The van der Waals surface area contributed by atoms with Gasteiger partial charge in [0.2, 0.25) is 10.9 Å². The Morgan fingerprint density at radius 2 is 1.54 bits per heavy atom. The van der Waals surface area contributed by atoms with Crippen LogP contribution in [0.4, 0.5) is 0 Å². The number of hydrogen-bond acceptors (Lipinski definition) is 6. The van der Waals surface area contributed by atoms with E-state index in [0.29, 0.717) is 24.6 Å². The van der Waals surface area contributed by atoms with Crippen molar-refractivity contribution in [3.63, 3.8) is 0 Å². The Bertz CT molecular complexity index is 1590. The second-order valence-electron chi connectivity index (χ2n) is 9.71. The Labute approximate surface area is 214 Å². The van der Waals surface area contributed by atoms with E-state index in [0.717, 1.165) is 46.2 Å². The van der Waals surface area contributed by atoms with Crippen LogP contribution >= 0.6 is 0 Å². The first kappa shape index (κ1) is 24.5. The van der Waals surface area contributed by atoms with Crippen LogP contribution in [0.25, 0.3) is 33.6 Å². The van der Waals surface area contributed by atoms with E-state index in [4.69, 9.17) is 9.47 Å². The minimum Gasteiger partial charge on any atom is -0.488 e. The Hall–Kier alpha value is -4.20. The van der Waals surface area contributed by atoms with Gasteiger partial charge in [-0.05, 0) is 47.2 Å². The van der Waals surface area contributed by atoms with Crippen LogP contribution in [0.3, 0.4) is 0 Å². The summed E-state index contributed by atoms with van der Waals surface area (Å²) in [5, 5.41) is 14.1. The van der Waals surface area contributed by atoms with Crippen LogP contribution < -0.4 is 20.3 Å². The van der Waals surface area contributed by atoms with E-state index >= 15 is 0 Å². The van der Waals surface area contributed by atoms with Crippen molar-refractivity contribution in [3.05, 3.63) is 80.4 Å². The summed E-state index contributed by atoms with van der Waals surface area (Å²) in [4.78, 5) is 25.5. The molecule has 4 aromatic rings. The molecule has 1 aliphatic carbocycles. The predicted molar refractivity (Wildman–Crippen MR) is 143 cm³/mol.